The van der Waals surface area contributed by atoms with Crippen LogP contribution in [0.15, 0.2) is 30.3 Å². The van der Waals surface area contributed by atoms with Crippen molar-refractivity contribution >= 4 is 23.0 Å². The van der Waals surface area contributed by atoms with Crippen molar-refractivity contribution in [3.8, 4) is 0 Å². The Labute approximate surface area is 124 Å². The summed E-state index contributed by atoms with van der Waals surface area (Å²) >= 11 is 0. The van der Waals surface area contributed by atoms with E-state index in [1.54, 1.807) is 6.92 Å². The maximum atomic E-state index is 13.8. The molecule has 0 spiro atoms. The Balaban J connectivity index is 2.42. The molecule has 0 radical (unpaired) electrons. The van der Waals surface area contributed by atoms with Crippen LogP contribution in [0.3, 0.4) is 0 Å². The van der Waals surface area contributed by atoms with E-state index in [-0.39, 0.29) is 23.5 Å². The summed E-state index contributed by atoms with van der Waals surface area (Å²) in [7, 11) is 0. The molecule has 0 saturated heterocycles. The van der Waals surface area contributed by atoms with Crippen LogP contribution < -0.4 is 10.6 Å². The zero-order valence-corrected chi connectivity index (χ0v) is 11.5. The van der Waals surface area contributed by atoms with Gasteiger partial charge < -0.3 is 10.6 Å². The highest BCUT2D eigenvalue weighted by Crippen LogP contribution is 2.30. The molecule has 0 aliphatic rings. The Bertz CT molecular complexity index is 699. The Morgan fingerprint density at radius 3 is 2.14 bits per heavy atom. The van der Waals surface area contributed by atoms with Crippen LogP contribution in [-0.2, 0) is 4.79 Å². The van der Waals surface area contributed by atoms with Gasteiger partial charge in [0, 0.05) is 24.2 Å². The van der Waals surface area contributed by atoms with Crippen molar-refractivity contribution in [2.45, 2.75) is 13.3 Å². The van der Waals surface area contributed by atoms with Gasteiger partial charge in [-0.25, -0.2) is 17.6 Å². The fraction of sp³-hybridized carbons (Fsp3) is 0.133. The van der Waals surface area contributed by atoms with Crippen molar-refractivity contribution in [3.63, 3.8) is 0 Å². The topological polar surface area (TPSA) is 41.1 Å². The summed E-state index contributed by atoms with van der Waals surface area (Å²) < 4.78 is 53.5. The van der Waals surface area contributed by atoms with Gasteiger partial charge in [-0.3, -0.25) is 4.79 Å². The average molecular weight is 312 g/mol. The third-order valence-electron chi connectivity index (χ3n) is 2.78. The van der Waals surface area contributed by atoms with Gasteiger partial charge in [0.05, 0.1) is 5.69 Å². The summed E-state index contributed by atoms with van der Waals surface area (Å²) in [6.07, 6.45) is 0.0881. The first-order chi connectivity index (χ1) is 10.4. The fourth-order valence-electron chi connectivity index (χ4n) is 1.81. The van der Waals surface area contributed by atoms with E-state index < -0.39 is 29.2 Å². The van der Waals surface area contributed by atoms with Crippen molar-refractivity contribution < 1.29 is 22.4 Å². The highest BCUT2D eigenvalue weighted by Gasteiger charge is 2.14. The van der Waals surface area contributed by atoms with E-state index in [2.05, 4.69) is 10.6 Å². The number of nitrogens with one attached hydrogen (secondary N) is 2. The molecule has 0 fully saturated rings. The molecule has 22 heavy (non-hydrogen) atoms. The molecule has 0 aromatic heterocycles. The second kappa shape index (κ2) is 6.46. The van der Waals surface area contributed by atoms with Crippen molar-refractivity contribution in [1.82, 2.24) is 0 Å². The number of hydrogen-bond donors (Lipinski definition) is 2. The molecule has 0 atom stereocenters. The van der Waals surface area contributed by atoms with E-state index >= 15 is 0 Å². The molecule has 2 rings (SSSR count). The minimum Gasteiger partial charge on any atom is -0.353 e. The van der Waals surface area contributed by atoms with Gasteiger partial charge in [0.2, 0.25) is 5.91 Å². The van der Waals surface area contributed by atoms with Crippen LogP contribution in [-0.4, -0.2) is 5.91 Å². The second-order valence-corrected chi connectivity index (χ2v) is 4.50. The normalized spacial score (nSPS) is 10.4. The lowest BCUT2D eigenvalue weighted by molar-refractivity contribution is -0.115. The minimum atomic E-state index is -0.999. The van der Waals surface area contributed by atoms with E-state index in [4.69, 9.17) is 0 Å². The second-order valence-electron chi connectivity index (χ2n) is 4.50. The first kappa shape index (κ1) is 15.8. The molecule has 3 nitrogen and oxygen atoms in total. The predicted octanol–water partition coefficient (Wildman–Crippen LogP) is 4.34. The molecule has 2 aromatic rings. The first-order valence-electron chi connectivity index (χ1n) is 6.41. The third kappa shape index (κ3) is 3.75. The molecule has 2 aromatic carbocycles. The molecule has 2 N–H and O–H groups in total. The number of halogens is 4. The van der Waals surface area contributed by atoms with E-state index in [0.717, 1.165) is 18.2 Å². The van der Waals surface area contributed by atoms with Gasteiger partial charge in [0.1, 0.15) is 23.1 Å². The number of hydrogen-bond acceptors (Lipinski definition) is 2. The van der Waals surface area contributed by atoms with Crippen LogP contribution in [0.2, 0.25) is 0 Å². The molecule has 0 heterocycles. The Morgan fingerprint density at radius 2 is 1.55 bits per heavy atom. The van der Waals surface area contributed by atoms with Crippen LogP contribution in [0.25, 0.3) is 0 Å². The van der Waals surface area contributed by atoms with Crippen molar-refractivity contribution in [2.24, 2.45) is 0 Å². The molecule has 0 unspecified atom stereocenters. The third-order valence-corrected chi connectivity index (χ3v) is 2.78. The van der Waals surface area contributed by atoms with Gasteiger partial charge in [-0.2, -0.15) is 0 Å². The van der Waals surface area contributed by atoms with E-state index in [1.165, 1.54) is 0 Å². The van der Waals surface area contributed by atoms with E-state index in [0.29, 0.717) is 12.1 Å². The zero-order chi connectivity index (χ0) is 16.3. The van der Waals surface area contributed by atoms with E-state index in [9.17, 15) is 22.4 Å². The van der Waals surface area contributed by atoms with Gasteiger partial charge in [-0.1, -0.05) is 6.92 Å². The summed E-state index contributed by atoms with van der Waals surface area (Å²) in [6, 6.07) is 4.09. The molecule has 0 bridgehead atoms. The van der Waals surface area contributed by atoms with Gasteiger partial charge in [-0.05, 0) is 18.2 Å². The standard InChI is InChI=1S/C15H12F4N2O/c1-2-14(22)21-15-12(19)6-10(18)7-13(15)20-11-4-8(16)3-9(17)5-11/h3-7,20H,2H2,1H3,(H,21,22). The lowest BCUT2D eigenvalue weighted by atomic mass is 10.2. The van der Waals surface area contributed by atoms with Crippen LogP contribution >= 0.6 is 0 Å². The summed E-state index contributed by atoms with van der Waals surface area (Å²) in [5, 5.41) is 4.77. The molecule has 7 heteroatoms. The largest absolute Gasteiger partial charge is 0.353 e. The molecule has 1 amide bonds. The fourth-order valence-corrected chi connectivity index (χ4v) is 1.81. The van der Waals surface area contributed by atoms with Crippen molar-refractivity contribution in [3.05, 3.63) is 53.6 Å². The van der Waals surface area contributed by atoms with Crippen LogP contribution in [0.4, 0.5) is 34.6 Å². The maximum absolute atomic E-state index is 13.8. The van der Waals surface area contributed by atoms with Crippen molar-refractivity contribution in [2.75, 3.05) is 10.6 Å². The first-order valence-corrected chi connectivity index (χ1v) is 6.41. The SMILES string of the molecule is CCC(=O)Nc1c(F)cc(F)cc1Nc1cc(F)cc(F)c1. The van der Waals surface area contributed by atoms with Gasteiger partial charge in [-0.15, -0.1) is 0 Å². The number of carbonyl (C=O) groups is 1. The Kier molecular flexibility index (Phi) is 4.65. The predicted molar refractivity (Wildman–Crippen MR) is 74.9 cm³/mol. The number of benzene rings is 2. The summed E-state index contributed by atoms with van der Waals surface area (Å²) in [6.45, 7) is 1.56. The highest BCUT2D eigenvalue weighted by atomic mass is 19.1. The molecule has 0 saturated carbocycles. The summed E-state index contributed by atoms with van der Waals surface area (Å²) in [5.41, 5.74) is -0.489. The quantitative estimate of drug-likeness (QED) is 0.825. The van der Waals surface area contributed by atoms with Gasteiger partial charge >= 0.3 is 0 Å². The summed E-state index contributed by atoms with van der Waals surface area (Å²) in [5.74, 6) is -4.08. The van der Waals surface area contributed by atoms with Crippen LogP contribution in [0.1, 0.15) is 13.3 Å². The molecule has 0 aliphatic carbocycles. The summed E-state index contributed by atoms with van der Waals surface area (Å²) in [4.78, 5) is 11.4. The van der Waals surface area contributed by atoms with Crippen molar-refractivity contribution in [1.29, 1.82) is 0 Å². The van der Waals surface area contributed by atoms with E-state index in [1.807, 2.05) is 0 Å². The number of carbonyl (C=O) groups excluding carboxylic acids is 1. The van der Waals surface area contributed by atoms with Gasteiger partial charge in [0.15, 0.2) is 5.82 Å². The van der Waals surface area contributed by atoms with Crippen LogP contribution in [0, 0.1) is 23.3 Å². The Hall–Kier alpha value is -2.57. The van der Waals surface area contributed by atoms with Gasteiger partial charge in [0.25, 0.3) is 0 Å². The molecular weight excluding hydrogens is 300 g/mol. The number of anilines is 3. The monoisotopic (exact) mass is 312 g/mol. The lowest BCUT2D eigenvalue weighted by Gasteiger charge is -2.14. The minimum absolute atomic E-state index is 0.0468. The number of amides is 1. The lowest BCUT2D eigenvalue weighted by Crippen LogP contribution is -2.13. The zero-order valence-electron chi connectivity index (χ0n) is 11.5. The molecule has 0 aliphatic heterocycles. The molecular formula is C15H12F4N2O. The molecule has 116 valence electrons. The smallest absolute Gasteiger partial charge is 0.224 e. The number of rotatable bonds is 4. The average Bonchev–Trinajstić information content (AvgIpc) is 2.41. The Morgan fingerprint density at radius 1 is 0.955 bits per heavy atom. The van der Waals surface area contributed by atoms with Crippen LogP contribution in [0.5, 0.6) is 0 Å². The maximum Gasteiger partial charge on any atom is 0.224 e. The highest BCUT2D eigenvalue weighted by molar-refractivity contribution is 5.94.